The number of likely N-dealkylation sites (N-methyl/N-ethyl adjacent to an activating group) is 1. The number of carbonyl (C=O) groups excluding carboxylic acids is 3. The lowest BCUT2D eigenvalue weighted by atomic mass is 10.0. The first-order valence-electron chi connectivity index (χ1n) is 8.93. The summed E-state index contributed by atoms with van der Waals surface area (Å²) in [5, 5.41) is 3.24. The van der Waals surface area contributed by atoms with Gasteiger partial charge in [-0.15, -0.1) is 24.8 Å². The van der Waals surface area contributed by atoms with Gasteiger partial charge in [0.2, 0.25) is 0 Å². The smallest absolute Gasteiger partial charge is 0.261 e. The lowest BCUT2D eigenvalue weighted by Gasteiger charge is -2.23. The molecule has 1 unspecified atom stereocenters. The number of halogens is 2. The maximum Gasteiger partial charge on any atom is 0.261 e. The number of hydrogen-bond acceptors (Lipinski definition) is 5. The lowest BCUT2D eigenvalue weighted by Crippen LogP contribution is -2.38. The van der Waals surface area contributed by atoms with E-state index < -0.39 is 0 Å². The summed E-state index contributed by atoms with van der Waals surface area (Å²) in [4.78, 5) is 45.0. The standard InChI is InChI=1S/C20H20N4O3.2ClH/c1-23(15-6-9-22-11-15)18(25)14-2-3-16-17(10-14)20(27)24(19(16)26)12-13-4-7-21-8-5-13;;/h2-5,7-8,10,15,22H,6,9,11-12H2,1H3;2*1H. The molecule has 1 N–H and O–H groups in total. The molecule has 1 aromatic heterocycles. The second-order valence-corrected chi connectivity index (χ2v) is 6.87. The van der Waals surface area contributed by atoms with Gasteiger partial charge in [-0.1, -0.05) is 0 Å². The topological polar surface area (TPSA) is 82.6 Å². The van der Waals surface area contributed by atoms with Gasteiger partial charge in [-0.3, -0.25) is 24.3 Å². The van der Waals surface area contributed by atoms with E-state index in [0.29, 0.717) is 11.1 Å². The second-order valence-electron chi connectivity index (χ2n) is 6.87. The van der Waals surface area contributed by atoms with Crippen molar-refractivity contribution in [3.8, 4) is 0 Å². The maximum atomic E-state index is 12.8. The zero-order chi connectivity index (χ0) is 19.0. The zero-order valence-corrected chi connectivity index (χ0v) is 17.5. The molecule has 3 amide bonds. The average Bonchev–Trinajstić information content (AvgIpc) is 3.31. The van der Waals surface area contributed by atoms with Crippen molar-refractivity contribution < 1.29 is 14.4 Å². The minimum Gasteiger partial charge on any atom is -0.337 e. The Morgan fingerprint density at radius 3 is 2.48 bits per heavy atom. The summed E-state index contributed by atoms with van der Waals surface area (Å²) in [7, 11) is 1.77. The van der Waals surface area contributed by atoms with Crippen molar-refractivity contribution in [3.05, 3.63) is 65.0 Å². The number of fused-ring (bicyclic) bond motifs is 1. The van der Waals surface area contributed by atoms with Crippen LogP contribution in [0.1, 0.15) is 43.1 Å². The summed E-state index contributed by atoms with van der Waals surface area (Å²) in [6.07, 6.45) is 4.15. The molecule has 7 nitrogen and oxygen atoms in total. The van der Waals surface area contributed by atoms with Crippen molar-refractivity contribution in [2.45, 2.75) is 19.0 Å². The van der Waals surface area contributed by atoms with Crippen molar-refractivity contribution in [2.24, 2.45) is 0 Å². The Labute approximate surface area is 181 Å². The molecule has 2 aromatic rings. The Hall–Kier alpha value is -2.48. The van der Waals surface area contributed by atoms with E-state index in [4.69, 9.17) is 0 Å². The molecule has 1 fully saturated rings. The van der Waals surface area contributed by atoms with Crippen molar-refractivity contribution >= 4 is 42.5 Å². The minimum absolute atomic E-state index is 0. The number of rotatable bonds is 4. The number of amides is 3. The van der Waals surface area contributed by atoms with Crippen molar-refractivity contribution in [2.75, 3.05) is 20.1 Å². The Balaban J connectivity index is 0.00000150. The van der Waals surface area contributed by atoms with Crippen LogP contribution < -0.4 is 5.32 Å². The van der Waals surface area contributed by atoms with Crippen LogP contribution in [0.25, 0.3) is 0 Å². The second kappa shape index (κ2) is 9.35. The maximum absolute atomic E-state index is 12.8. The van der Waals surface area contributed by atoms with Crippen LogP contribution in [0.15, 0.2) is 42.7 Å². The third kappa shape index (κ3) is 4.27. The lowest BCUT2D eigenvalue weighted by molar-refractivity contribution is 0.0641. The van der Waals surface area contributed by atoms with Crippen LogP contribution in [0.5, 0.6) is 0 Å². The summed E-state index contributed by atoms with van der Waals surface area (Å²) in [5.41, 5.74) is 1.88. The van der Waals surface area contributed by atoms with Gasteiger partial charge in [0.25, 0.3) is 17.7 Å². The summed E-state index contributed by atoms with van der Waals surface area (Å²) in [6.45, 7) is 1.85. The van der Waals surface area contributed by atoms with Crippen LogP contribution in [0, 0.1) is 0 Å². The molecule has 29 heavy (non-hydrogen) atoms. The van der Waals surface area contributed by atoms with Gasteiger partial charge in [-0.05, 0) is 48.9 Å². The number of hydrogen-bond donors (Lipinski definition) is 1. The van der Waals surface area contributed by atoms with E-state index in [1.807, 2.05) is 0 Å². The van der Waals surface area contributed by atoms with Crippen LogP contribution in [0.4, 0.5) is 0 Å². The quantitative estimate of drug-likeness (QED) is 0.742. The fourth-order valence-corrected chi connectivity index (χ4v) is 3.58. The van der Waals surface area contributed by atoms with E-state index in [0.717, 1.165) is 25.1 Å². The highest BCUT2D eigenvalue weighted by atomic mass is 35.5. The molecule has 0 bridgehead atoms. The molecular weight excluding hydrogens is 415 g/mol. The van der Waals surface area contributed by atoms with Gasteiger partial charge in [-0.25, -0.2) is 0 Å². The summed E-state index contributed by atoms with van der Waals surface area (Å²) in [5.74, 6) is -0.842. The van der Waals surface area contributed by atoms with E-state index >= 15 is 0 Å². The molecule has 0 spiro atoms. The fraction of sp³-hybridized carbons (Fsp3) is 0.300. The Bertz CT molecular complexity index is 917. The van der Waals surface area contributed by atoms with Crippen LogP contribution in [0.2, 0.25) is 0 Å². The van der Waals surface area contributed by atoms with Crippen LogP contribution >= 0.6 is 24.8 Å². The van der Waals surface area contributed by atoms with Gasteiger partial charge in [0.15, 0.2) is 0 Å². The SMILES string of the molecule is CN(C(=O)c1ccc2c(c1)C(=O)N(Cc1ccncc1)C2=O)C1CCNC1.Cl.Cl. The number of nitrogens with zero attached hydrogens (tertiary/aromatic N) is 3. The molecule has 4 rings (SSSR count). The molecule has 1 aromatic carbocycles. The van der Waals surface area contributed by atoms with Crippen LogP contribution in [-0.4, -0.2) is 58.7 Å². The number of pyridine rings is 1. The molecule has 1 atom stereocenters. The van der Waals surface area contributed by atoms with Crippen LogP contribution in [0.3, 0.4) is 0 Å². The number of nitrogens with one attached hydrogen (secondary N) is 1. The molecule has 0 aliphatic carbocycles. The highest BCUT2D eigenvalue weighted by Crippen LogP contribution is 2.26. The molecule has 0 radical (unpaired) electrons. The van der Waals surface area contributed by atoms with Gasteiger partial charge in [-0.2, -0.15) is 0 Å². The third-order valence-corrected chi connectivity index (χ3v) is 5.21. The summed E-state index contributed by atoms with van der Waals surface area (Å²) < 4.78 is 0. The van der Waals surface area contributed by atoms with Crippen molar-refractivity contribution in [1.82, 2.24) is 20.1 Å². The first kappa shape index (κ1) is 22.8. The molecule has 9 heteroatoms. The van der Waals surface area contributed by atoms with E-state index in [1.165, 1.54) is 4.90 Å². The van der Waals surface area contributed by atoms with Gasteiger partial charge in [0.1, 0.15) is 0 Å². The number of carbonyl (C=O) groups is 3. The van der Waals surface area contributed by atoms with Crippen LogP contribution in [-0.2, 0) is 6.54 Å². The van der Waals surface area contributed by atoms with E-state index in [2.05, 4.69) is 10.3 Å². The largest absolute Gasteiger partial charge is 0.337 e. The van der Waals surface area contributed by atoms with Gasteiger partial charge < -0.3 is 10.2 Å². The Kier molecular flexibility index (Phi) is 7.35. The molecule has 2 aliphatic rings. The molecule has 154 valence electrons. The number of imide groups is 1. The molecule has 0 saturated carbocycles. The monoisotopic (exact) mass is 436 g/mol. The van der Waals surface area contributed by atoms with Gasteiger partial charge >= 0.3 is 0 Å². The van der Waals surface area contributed by atoms with E-state index in [9.17, 15) is 14.4 Å². The Morgan fingerprint density at radius 1 is 1.14 bits per heavy atom. The number of aromatic nitrogens is 1. The zero-order valence-electron chi connectivity index (χ0n) is 15.8. The normalized spacial score (nSPS) is 17.4. The minimum atomic E-state index is -0.369. The van der Waals surface area contributed by atoms with Crippen molar-refractivity contribution in [1.29, 1.82) is 0 Å². The number of benzene rings is 1. The summed E-state index contributed by atoms with van der Waals surface area (Å²) in [6, 6.07) is 8.43. The molecule has 2 aliphatic heterocycles. The predicted molar refractivity (Wildman–Crippen MR) is 113 cm³/mol. The fourth-order valence-electron chi connectivity index (χ4n) is 3.58. The van der Waals surface area contributed by atoms with E-state index in [1.54, 1.807) is 54.7 Å². The summed E-state index contributed by atoms with van der Waals surface area (Å²) >= 11 is 0. The first-order chi connectivity index (χ1) is 13.1. The Morgan fingerprint density at radius 2 is 1.83 bits per heavy atom. The molecule has 1 saturated heterocycles. The van der Waals surface area contributed by atoms with Gasteiger partial charge in [0, 0.05) is 37.6 Å². The third-order valence-electron chi connectivity index (χ3n) is 5.21. The predicted octanol–water partition coefficient (Wildman–Crippen LogP) is 2.16. The molecular formula is C20H22Cl2N4O3. The van der Waals surface area contributed by atoms with Crippen molar-refractivity contribution in [3.63, 3.8) is 0 Å². The molecule has 3 heterocycles. The highest BCUT2D eigenvalue weighted by Gasteiger charge is 2.36. The average molecular weight is 437 g/mol. The van der Waals surface area contributed by atoms with Gasteiger partial charge in [0.05, 0.1) is 17.7 Å². The van der Waals surface area contributed by atoms with E-state index in [-0.39, 0.29) is 60.7 Å². The highest BCUT2D eigenvalue weighted by molar-refractivity contribution is 6.22. The first-order valence-corrected chi connectivity index (χ1v) is 8.93.